The standard InChI is InChI=1S/C26H27N5O3/c1-17-6-4-7-20-23(27)21-8-5-9-22(25(21)29-24(17)20)26(32)28-14-15-31(2,3)16-18-10-12-19(13-11-18)30(33)34/h4-13H,14-16H2,1-3H3,(H2-,27,28,29,32). The third-order valence-corrected chi connectivity index (χ3v) is 6.03. The van der Waals surface area contributed by atoms with E-state index in [1.165, 1.54) is 12.1 Å². The molecule has 0 aliphatic heterocycles. The lowest BCUT2D eigenvalue weighted by Gasteiger charge is -2.29. The monoisotopic (exact) mass is 457 g/mol. The number of aryl methyl sites for hydroxylation is 1. The molecule has 0 radical (unpaired) electrons. The molecule has 4 aromatic rings. The van der Waals surface area contributed by atoms with Gasteiger partial charge in [0.25, 0.3) is 5.69 Å². The van der Waals surface area contributed by atoms with Gasteiger partial charge in [0, 0.05) is 34.0 Å². The first kappa shape index (κ1) is 23.1. The van der Waals surface area contributed by atoms with E-state index in [4.69, 9.17) is 10.7 Å². The van der Waals surface area contributed by atoms with Crippen molar-refractivity contribution in [2.24, 2.45) is 4.99 Å². The van der Waals surface area contributed by atoms with Gasteiger partial charge in [-0.15, -0.1) is 0 Å². The Morgan fingerprint density at radius 3 is 2.35 bits per heavy atom. The number of benzene rings is 3. The van der Waals surface area contributed by atoms with Crippen LogP contribution >= 0.6 is 0 Å². The van der Waals surface area contributed by atoms with E-state index in [1.54, 1.807) is 24.3 Å². The first-order valence-corrected chi connectivity index (χ1v) is 11.0. The van der Waals surface area contributed by atoms with E-state index < -0.39 is 4.92 Å². The van der Waals surface area contributed by atoms with E-state index in [1.807, 2.05) is 45.3 Å². The highest BCUT2D eigenvalue weighted by atomic mass is 16.6. The third-order valence-electron chi connectivity index (χ3n) is 6.03. The van der Waals surface area contributed by atoms with Crippen LogP contribution in [0.15, 0.2) is 65.7 Å². The van der Waals surface area contributed by atoms with Gasteiger partial charge in [0.15, 0.2) is 0 Å². The summed E-state index contributed by atoms with van der Waals surface area (Å²) >= 11 is 0. The normalized spacial score (nSPS) is 12.4. The van der Waals surface area contributed by atoms with Crippen molar-refractivity contribution in [1.29, 1.82) is 0 Å². The van der Waals surface area contributed by atoms with Crippen LogP contribution < -0.4 is 10.8 Å². The number of hydrogen-bond donors (Lipinski definition) is 1. The van der Waals surface area contributed by atoms with Gasteiger partial charge in [-0.2, -0.15) is 0 Å². The van der Waals surface area contributed by atoms with E-state index in [9.17, 15) is 15.2 Å². The number of likely N-dealkylation sites (N-methyl/N-ethyl adjacent to an activating group) is 1. The molecule has 4 rings (SSSR count). The fraction of sp³-hybridized carbons (Fsp3) is 0.231. The quantitative estimate of drug-likeness (QED) is 0.114. The molecule has 2 N–H and O–H groups in total. The Labute approximate surface area is 197 Å². The predicted molar refractivity (Wildman–Crippen MR) is 134 cm³/mol. The number of fused-ring (bicyclic) bond motifs is 2. The van der Waals surface area contributed by atoms with E-state index in [-0.39, 0.29) is 11.6 Å². The molecule has 0 amide bonds. The van der Waals surface area contributed by atoms with Crippen LogP contribution in [0, 0.1) is 17.0 Å². The minimum absolute atomic E-state index is 0.0713. The number of nitro benzene ring substituents is 1. The summed E-state index contributed by atoms with van der Waals surface area (Å²) in [5, 5.41) is 25.5. The van der Waals surface area contributed by atoms with Crippen molar-refractivity contribution >= 4 is 39.1 Å². The average Bonchev–Trinajstić information content (AvgIpc) is 2.79. The molecule has 8 heteroatoms. The molecule has 174 valence electrons. The molecular weight excluding hydrogens is 430 g/mol. The number of nitrogens with two attached hydrogens (primary N) is 1. The molecule has 0 unspecified atom stereocenters. The maximum Gasteiger partial charge on any atom is 0.269 e. The van der Waals surface area contributed by atoms with Crippen molar-refractivity contribution < 1.29 is 14.5 Å². The molecule has 3 aromatic carbocycles. The van der Waals surface area contributed by atoms with Gasteiger partial charge < -0.3 is 15.3 Å². The van der Waals surface area contributed by atoms with Crippen LogP contribution in [0.1, 0.15) is 16.7 Å². The molecule has 1 aromatic heterocycles. The van der Waals surface area contributed by atoms with Gasteiger partial charge in [-0.1, -0.05) is 36.4 Å². The number of pyridine rings is 1. The van der Waals surface area contributed by atoms with Crippen LogP contribution in [0.3, 0.4) is 0 Å². The number of aliphatic imine (C=N–C) groups is 1. The first-order valence-electron chi connectivity index (χ1n) is 11.0. The summed E-state index contributed by atoms with van der Waals surface area (Å²) < 4.78 is 0.582. The summed E-state index contributed by atoms with van der Waals surface area (Å²) in [5.41, 5.74) is 10.9. The fourth-order valence-corrected chi connectivity index (χ4v) is 4.14. The Hall–Kier alpha value is -4.04. The Morgan fingerprint density at radius 2 is 1.68 bits per heavy atom. The zero-order valence-electron chi connectivity index (χ0n) is 19.5. The number of para-hydroxylation sites is 2. The molecule has 0 saturated heterocycles. The smallest absolute Gasteiger partial charge is 0.269 e. The summed E-state index contributed by atoms with van der Waals surface area (Å²) in [5.74, 6) is -0.319. The van der Waals surface area contributed by atoms with Crippen LogP contribution in [-0.2, 0) is 6.54 Å². The number of nitrogen functional groups attached to an aromatic ring is 1. The van der Waals surface area contributed by atoms with Crippen LogP contribution in [-0.4, -0.2) is 47.5 Å². The zero-order chi connectivity index (χ0) is 24.5. The summed E-state index contributed by atoms with van der Waals surface area (Å²) in [6.07, 6.45) is 0. The second-order valence-corrected chi connectivity index (χ2v) is 9.13. The van der Waals surface area contributed by atoms with Crippen LogP contribution in [0.2, 0.25) is 0 Å². The number of quaternary nitrogens is 1. The summed E-state index contributed by atoms with van der Waals surface area (Å²) in [4.78, 5) is 19.5. The highest BCUT2D eigenvalue weighted by molar-refractivity contribution is 6.13. The van der Waals surface area contributed by atoms with Crippen LogP contribution in [0.5, 0.6) is 0 Å². The minimum Gasteiger partial charge on any atom is -0.858 e. The zero-order valence-corrected chi connectivity index (χ0v) is 19.5. The van der Waals surface area contributed by atoms with Crippen molar-refractivity contribution in [2.75, 3.05) is 32.9 Å². The molecule has 0 aliphatic rings. The van der Waals surface area contributed by atoms with E-state index in [0.717, 1.165) is 27.4 Å². The highest BCUT2D eigenvalue weighted by Gasteiger charge is 2.17. The van der Waals surface area contributed by atoms with Crippen molar-refractivity contribution in [3.8, 4) is 0 Å². The van der Waals surface area contributed by atoms with Gasteiger partial charge in [0.1, 0.15) is 6.54 Å². The van der Waals surface area contributed by atoms with Gasteiger partial charge in [0.2, 0.25) is 0 Å². The summed E-state index contributed by atoms with van der Waals surface area (Å²) in [7, 11) is 4.08. The maximum atomic E-state index is 13.0. The Balaban J connectivity index is 1.55. The lowest BCUT2D eigenvalue weighted by atomic mass is 10.0. The number of rotatable bonds is 7. The number of nitro groups is 1. The van der Waals surface area contributed by atoms with Crippen molar-refractivity contribution in [1.82, 2.24) is 4.98 Å². The lowest BCUT2D eigenvalue weighted by molar-refractivity contribution is -0.902. The SMILES string of the molecule is Cc1cccc2c(N)c3cccc(C([O-])=NCC[N+](C)(C)Cc4ccc([N+](=O)[O-])cc4)c3nc12. The molecule has 0 aliphatic carbocycles. The number of non-ortho nitro benzene ring substituents is 1. The second-order valence-electron chi connectivity index (χ2n) is 9.13. The Bertz CT molecular complexity index is 1410. The lowest BCUT2D eigenvalue weighted by Crippen LogP contribution is -2.41. The van der Waals surface area contributed by atoms with E-state index in [0.29, 0.717) is 40.9 Å². The molecular formula is C26H27N5O3. The average molecular weight is 458 g/mol. The molecule has 0 fully saturated rings. The van der Waals surface area contributed by atoms with Crippen molar-refractivity contribution in [3.05, 3.63) is 87.5 Å². The Kier molecular flexibility index (Phi) is 6.17. The molecule has 8 nitrogen and oxygen atoms in total. The predicted octanol–water partition coefficient (Wildman–Crippen LogP) is 3.57. The van der Waals surface area contributed by atoms with Crippen molar-refractivity contribution in [3.63, 3.8) is 0 Å². The highest BCUT2D eigenvalue weighted by Crippen LogP contribution is 2.31. The molecule has 0 saturated carbocycles. The molecule has 0 atom stereocenters. The van der Waals surface area contributed by atoms with Crippen molar-refractivity contribution in [2.45, 2.75) is 13.5 Å². The molecule has 34 heavy (non-hydrogen) atoms. The fourth-order valence-electron chi connectivity index (χ4n) is 4.14. The van der Waals surface area contributed by atoms with Gasteiger partial charge in [0.05, 0.1) is 48.8 Å². The van der Waals surface area contributed by atoms with Gasteiger partial charge in [-0.3, -0.25) is 15.1 Å². The van der Waals surface area contributed by atoms with Gasteiger partial charge >= 0.3 is 0 Å². The van der Waals surface area contributed by atoms with Gasteiger partial charge in [-0.25, -0.2) is 4.98 Å². The summed E-state index contributed by atoms with van der Waals surface area (Å²) in [6.45, 7) is 3.61. The van der Waals surface area contributed by atoms with E-state index in [2.05, 4.69) is 4.99 Å². The topological polar surface area (TPSA) is 117 Å². The number of nitrogens with zero attached hydrogens (tertiary/aromatic N) is 4. The Morgan fingerprint density at radius 1 is 1.03 bits per heavy atom. The molecule has 0 bridgehead atoms. The maximum absolute atomic E-state index is 13.0. The van der Waals surface area contributed by atoms with Crippen LogP contribution in [0.25, 0.3) is 21.8 Å². The second kappa shape index (κ2) is 9.07. The molecule has 0 spiro atoms. The third kappa shape index (κ3) is 4.67. The number of aromatic nitrogens is 1. The van der Waals surface area contributed by atoms with Crippen LogP contribution in [0.4, 0.5) is 11.4 Å². The number of anilines is 1. The largest absolute Gasteiger partial charge is 0.858 e. The van der Waals surface area contributed by atoms with E-state index >= 15 is 0 Å². The summed E-state index contributed by atoms with van der Waals surface area (Å²) in [6, 6.07) is 17.8. The molecule has 1 heterocycles. The number of hydrogen-bond acceptors (Lipinski definition) is 6. The van der Waals surface area contributed by atoms with Gasteiger partial charge in [-0.05, 0) is 30.5 Å². The first-order chi connectivity index (χ1) is 16.2. The minimum atomic E-state index is -0.409.